The van der Waals surface area contributed by atoms with Gasteiger partial charge in [0.15, 0.2) is 0 Å². The first kappa shape index (κ1) is 19.5. The lowest BCUT2D eigenvalue weighted by Gasteiger charge is -2.24. The maximum atomic E-state index is 12.8. The van der Waals surface area contributed by atoms with Gasteiger partial charge in [-0.3, -0.25) is 4.79 Å². The van der Waals surface area contributed by atoms with Crippen molar-refractivity contribution >= 4 is 18.6 Å². The van der Waals surface area contributed by atoms with E-state index in [-0.39, 0.29) is 11.3 Å². The fourth-order valence-corrected chi connectivity index (χ4v) is 7.09. The number of carbonyl (C=O) groups excluding carboxylic acids is 2. The minimum absolute atomic E-state index is 0.0691. The summed E-state index contributed by atoms with van der Waals surface area (Å²) in [5, 5.41) is 0. The molecule has 0 N–H and O–H groups in total. The Bertz CT molecular complexity index is 312. The molecule has 0 aromatic rings. The first-order valence-corrected chi connectivity index (χ1v) is 10.4. The lowest BCUT2D eigenvalue weighted by atomic mass is 10.2. The number of unbranched alkanes of at least 4 members (excludes halogenated alkanes) is 3. The zero-order chi connectivity index (χ0) is 15.6. The normalized spacial score (nSPS) is 11.4. The van der Waals surface area contributed by atoms with Crippen molar-refractivity contribution in [2.24, 2.45) is 0 Å². The van der Waals surface area contributed by atoms with Gasteiger partial charge in [-0.1, -0.05) is 46.6 Å². The second-order valence-corrected chi connectivity index (χ2v) is 9.83. The second kappa shape index (κ2) is 10.3. The first-order chi connectivity index (χ1) is 9.45. The molecule has 116 valence electrons. The van der Waals surface area contributed by atoms with Crippen LogP contribution < -0.4 is 0 Å². The average Bonchev–Trinajstić information content (AvgIpc) is 2.45. The van der Waals surface area contributed by atoms with Gasteiger partial charge in [0.05, 0.1) is 25.7 Å². The molecule has 0 saturated carbocycles. The van der Waals surface area contributed by atoms with Crippen molar-refractivity contribution in [3.8, 4) is 0 Å². The van der Waals surface area contributed by atoms with Crippen molar-refractivity contribution in [3.05, 3.63) is 12.2 Å². The van der Waals surface area contributed by atoms with Gasteiger partial charge in [-0.15, -0.1) is 0 Å². The summed E-state index contributed by atoms with van der Waals surface area (Å²) >= 11 is 0. The fraction of sp³-hybridized carbons (Fsp3) is 0.765. The van der Waals surface area contributed by atoms with Crippen molar-refractivity contribution in [1.29, 1.82) is 0 Å². The van der Waals surface area contributed by atoms with Gasteiger partial charge in [0.25, 0.3) is 5.78 Å². The predicted molar refractivity (Wildman–Crippen MR) is 91.1 cm³/mol. The largest absolute Gasteiger partial charge is 0.337 e. The van der Waals surface area contributed by atoms with E-state index in [0.29, 0.717) is 5.57 Å². The molecule has 0 aliphatic rings. The average molecular weight is 299 g/mol. The van der Waals surface area contributed by atoms with E-state index in [1.54, 1.807) is 6.92 Å². The first-order valence-electron chi connectivity index (χ1n) is 8.06. The summed E-state index contributed by atoms with van der Waals surface area (Å²) in [5.41, 5.74) is 0.337. The Labute approximate surface area is 125 Å². The lowest BCUT2D eigenvalue weighted by Crippen LogP contribution is -2.25. The van der Waals surface area contributed by atoms with Crippen molar-refractivity contribution in [2.45, 2.75) is 66.2 Å². The van der Waals surface area contributed by atoms with Crippen LogP contribution in [0.4, 0.5) is 0 Å². The third kappa shape index (κ3) is 5.87. The lowest BCUT2D eigenvalue weighted by molar-refractivity contribution is -0.129. The Kier molecular flexibility index (Phi) is 10.0. The van der Waals surface area contributed by atoms with Crippen LogP contribution in [0.5, 0.6) is 0 Å². The molecule has 3 heteroatoms. The van der Waals surface area contributed by atoms with Gasteiger partial charge in [-0.2, -0.15) is 0 Å². The van der Waals surface area contributed by atoms with Crippen LogP contribution in [-0.4, -0.2) is 29.8 Å². The molecule has 0 radical (unpaired) electrons. The van der Waals surface area contributed by atoms with Gasteiger partial charge >= 0.3 is 5.52 Å². The molecule has 0 aromatic heterocycles. The summed E-state index contributed by atoms with van der Waals surface area (Å²) in [5.74, 6) is -0.304. The second-order valence-electron chi connectivity index (χ2n) is 5.79. The van der Waals surface area contributed by atoms with Crippen LogP contribution in [0.25, 0.3) is 0 Å². The Morgan fingerprint density at radius 3 is 1.45 bits per heavy atom. The number of allylic oxidation sites excluding steroid dienone is 1. The molecule has 0 aliphatic heterocycles. The van der Waals surface area contributed by atoms with Gasteiger partial charge in [-0.05, 0) is 31.8 Å². The molecule has 0 fully saturated rings. The zero-order valence-electron chi connectivity index (χ0n) is 13.8. The summed E-state index contributed by atoms with van der Waals surface area (Å²) in [6, 6.07) is 0. The molecule has 0 atom stereocenters. The van der Waals surface area contributed by atoms with E-state index < -0.39 is 7.26 Å². The molecule has 0 amide bonds. The highest BCUT2D eigenvalue weighted by Crippen LogP contribution is 2.61. The van der Waals surface area contributed by atoms with Crippen LogP contribution in [0.3, 0.4) is 0 Å². The molecule has 0 spiro atoms. The maximum absolute atomic E-state index is 12.8. The minimum Gasteiger partial charge on any atom is -0.281 e. The predicted octanol–water partition coefficient (Wildman–Crippen LogP) is 5.08. The van der Waals surface area contributed by atoms with Gasteiger partial charge < -0.3 is 0 Å². The third-order valence-corrected chi connectivity index (χ3v) is 8.41. The van der Waals surface area contributed by atoms with E-state index in [1.165, 1.54) is 0 Å². The standard InChI is InChI=1S/C17H32O2P/c1-6-9-12-20(13-10-7-2,14-11-8-3)17(19)16(18)15(4)5/h4,6-14H2,1-3,5H3/q+1. The zero-order valence-corrected chi connectivity index (χ0v) is 14.7. The van der Waals surface area contributed by atoms with E-state index in [0.717, 1.165) is 57.0 Å². The summed E-state index contributed by atoms with van der Waals surface area (Å²) in [4.78, 5) is 24.9. The topological polar surface area (TPSA) is 34.1 Å². The number of ketones is 1. The Balaban J connectivity index is 5.25. The number of carbonyl (C=O) groups is 2. The Hall–Kier alpha value is -0.490. The van der Waals surface area contributed by atoms with Crippen LogP contribution in [0, 0.1) is 0 Å². The smallest absolute Gasteiger partial charge is 0.281 e. The molecular formula is C17H32O2P+. The van der Waals surface area contributed by atoms with E-state index in [9.17, 15) is 9.59 Å². The highest BCUT2D eigenvalue weighted by Gasteiger charge is 2.47. The molecule has 2 nitrogen and oxygen atoms in total. The monoisotopic (exact) mass is 299 g/mol. The van der Waals surface area contributed by atoms with Crippen LogP contribution in [-0.2, 0) is 9.59 Å². The van der Waals surface area contributed by atoms with E-state index >= 15 is 0 Å². The number of Topliss-reactive ketones (excluding diaryl/α,β-unsaturated/α-hetero) is 1. The van der Waals surface area contributed by atoms with E-state index in [2.05, 4.69) is 27.4 Å². The van der Waals surface area contributed by atoms with Crippen LogP contribution in [0.2, 0.25) is 0 Å². The van der Waals surface area contributed by atoms with Crippen LogP contribution in [0.15, 0.2) is 12.2 Å². The molecule has 0 heterocycles. The maximum Gasteiger partial charge on any atom is 0.337 e. The third-order valence-electron chi connectivity index (χ3n) is 3.83. The Morgan fingerprint density at radius 2 is 1.20 bits per heavy atom. The van der Waals surface area contributed by atoms with Crippen molar-refractivity contribution in [1.82, 2.24) is 0 Å². The number of hydrogen-bond acceptors (Lipinski definition) is 2. The van der Waals surface area contributed by atoms with Crippen LogP contribution >= 0.6 is 7.26 Å². The van der Waals surface area contributed by atoms with Gasteiger partial charge in [-0.25, -0.2) is 4.79 Å². The summed E-state index contributed by atoms with van der Waals surface area (Å²) in [7, 11) is -1.80. The Morgan fingerprint density at radius 1 is 0.850 bits per heavy atom. The van der Waals surface area contributed by atoms with E-state index in [4.69, 9.17) is 0 Å². The summed E-state index contributed by atoms with van der Waals surface area (Å²) in [6.45, 7) is 11.8. The molecule has 0 unspecified atom stereocenters. The van der Waals surface area contributed by atoms with Crippen molar-refractivity contribution in [2.75, 3.05) is 18.5 Å². The quantitative estimate of drug-likeness (QED) is 0.286. The number of hydrogen-bond donors (Lipinski definition) is 0. The molecule has 20 heavy (non-hydrogen) atoms. The fourth-order valence-electron chi connectivity index (χ4n) is 2.42. The summed E-state index contributed by atoms with van der Waals surface area (Å²) in [6.07, 6.45) is 9.35. The van der Waals surface area contributed by atoms with Crippen molar-refractivity contribution in [3.63, 3.8) is 0 Å². The highest BCUT2D eigenvalue weighted by molar-refractivity contribution is 7.93. The van der Waals surface area contributed by atoms with Gasteiger partial charge in [0.2, 0.25) is 0 Å². The van der Waals surface area contributed by atoms with Crippen molar-refractivity contribution < 1.29 is 9.59 Å². The highest BCUT2D eigenvalue weighted by atomic mass is 31.2. The molecule has 0 aromatic carbocycles. The van der Waals surface area contributed by atoms with Gasteiger partial charge in [0.1, 0.15) is 0 Å². The minimum atomic E-state index is -1.80. The molecule has 0 saturated heterocycles. The summed E-state index contributed by atoms with van der Waals surface area (Å²) < 4.78 is 0. The SMILES string of the molecule is C=C(C)C(=O)C(=O)[P+](CCCC)(CCCC)CCCC. The molecule has 0 aliphatic carbocycles. The number of rotatable bonds is 12. The molecule has 0 bridgehead atoms. The van der Waals surface area contributed by atoms with Crippen LogP contribution in [0.1, 0.15) is 66.2 Å². The molecule has 0 rings (SSSR count). The van der Waals surface area contributed by atoms with Gasteiger partial charge in [0, 0.05) is 0 Å². The molecular weight excluding hydrogens is 267 g/mol. The van der Waals surface area contributed by atoms with E-state index in [1.807, 2.05) is 0 Å².